The van der Waals surface area contributed by atoms with Crippen molar-refractivity contribution in [2.45, 2.75) is 38.5 Å². The predicted octanol–water partition coefficient (Wildman–Crippen LogP) is 4.97. The van der Waals surface area contributed by atoms with Gasteiger partial charge in [-0.2, -0.15) is 0 Å². The van der Waals surface area contributed by atoms with Crippen LogP contribution in [-0.4, -0.2) is 10.9 Å². The van der Waals surface area contributed by atoms with Crippen LogP contribution in [0.25, 0.3) is 10.2 Å². The van der Waals surface area contributed by atoms with E-state index in [9.17, 15) is 4.79 Å². The third-order valence-electron chi connectivity index (χ3n) is 3.85. The molecule has 1 aliphatic carbocycles. The molecule has 20 heavy (non-hydrogen) atoms. The minimum absolute atomic E-state index is 0.0926. The first-order valence-electron chi connectivity index (χ1n) is 7.06. The first-order chi connectivity index (χ1) is 9.70. The summed E-state index contributed by atoms with van der Waals surface area (Å²) in [6.45, 7) is 0. The van der Waals surface area contributed by atoms with Gasteiger partial charge < -0.3 is 5.32 Å². The minimum atomic E-state index is 0.0926. The number of hydrogen-bond donors (Lipinski definition) is 1. The Kier molecular flexibility index (Phi) is 4.36. The summed E-state index contributed by atoms with van der Waals surface area (Å²) in [6.07, 6.45) is 6.88. The van der Waals surface area contributed by atoms with Crippen LogP contribution < -0.4 is 5.32 Å². The van der Waals surface area contributed by atoms with Gasteiger partial charge in [-0.3, -0.25) is 4.79 Å². The number of thiazole rings is 1. The van der Waals surface area contributed by atoms with Gasteiger partial charge in [0.2, 0.25) is 5.91 Å². The normalized spacial score (nSPS) is 15.8. The number of fused-ring (bicyclic) bond motifs is 1. The van der Waals surface area contributed by atoms with Gasteiger partial charge in [-0.1, -0.05) is 53.0 Å². The number of anilines is 1. The lowest BCUT2D eigenvalue weighted by Crippen LogP contribution is -2.12. The zero-order chi connectivity index (χ0) is 13.9. The van der Waals surface area contributed by atoms with Crippen LogP contribution in [0, 0.1) is 5.92 Å². The van der Waals surface area contributed by atoms with E-state index in [1.54, 1.807) is 0 Å². The lowest BCUT2D eigenvalue weighted by Gasteiger charge is -2.07. The fourth-order valence-corrected chi connectivity index (χ4v) is 4.20. The Morgan fingerprint density at radius 1 is 1.40 bits per heavy atom. The second kappa shape index (κ2) is 6.22. The Labute approximate surface area is 130 Å². The van der Waals surface area contributed by atoms with Crippen LogP contribution in [0.2, 0.25) is 0 Å². The molecule has 0 aliphatic heterocycles. The van der Waals surface area contributed by atoms with E-state index in [-0.39, 0.29) is 5.91 Å². The van der Waals surface area contributed by atoms with Gasteiger partial charge in [0.05, 0.1) is 10.2 Å². The van der Waals surface area contributed by atoms with Crippen molar-refractivity contribution in [1.82, 2.24) is 4.98 Å². The van der Waals surface area contributed by atoms with Crippen molar-refractivity contribution in [1.29, 1.82) is 0 Å². The molecule has 5 heteroatoms. The molecule has 1 heterocycles. The molecule has 0 spiro atoms. The van der Waals surface area contributed by atoms with Crippen molar-refractivity contribution < 1.29 is 4.79 Å². The van der Waals surface area contributed by atoms with Gasteiger partial charge in [-0.15, -0.1) is 0 Å². The van der Waals surface area contributed by atoms with E-state index in [4.69, 9.17) is 0 Å². The zero-order valence-corrected chi connectivity index (χ0v) is 13.6. The average molecular weight is 353 g/mol. The van der Waals surface area contributed by atoms with E-state index in [0.717, 1.165) is 27.0 Å². The molecule has 1 amide bonds. The third-order valence-corrected chi connectivity index (χ3v) is 5.28. The highest BCUT2D eigenvalue weighted by Gasteiger charge is 2.16. The van der Waals surface area contributed by atoms with Gasteiger partial charge in [0.1, 0.15) is 0 Å². The van der Waals surface area contributed by atoms with Crippen LogP contribution in [0.4, 0.5) is 5.13 Å². The summed E-state index contributed by atoms with van der Waals surface area (Å²) < 4.78 is 2.12. The molecule has 1 saturated carbocycles. The minimum Gasteiger partial charge on any atom is -0.302 e. The number of carbonyl (C=O) groups excluding carboxylic acids is 1. The highest BCUT2D eigenvalue weighted by Crippen LogP contribution is 2.30. The number of carbonyl (C=O) groups is 1. The molecule has 0 bridgehead atoms. The van der Waals surface area contributed by atoms with E-state index in [1.165, 1.54) is 37.0 Å². The maximum atomic E-state index is 12.0. The van der Waals surface area contributed by atoms with Crippen LogP contribution in [0.5, 0.6) is 0 Å². The molecule has 1 N–H and O–H groups in total. The summed E-state index contributed by atoms with van der Waals surface area (Å²) in [4.78, 5) is 16.4. The summed E-state index contributed by atoms with van der Waals surface area (Å²) in [5.41, 5.74) is 0.935. The molecule has 0 radical (unpaired) electrons. The summed E-state index contributed by atoms with van der Waals surface area (Å²) in [5, 5.41) is 3.63. The number of nitrogens with zero attached hydrogens (tertiary/aromatic N) is 1. The number of rotatable bonds is 4. The third kappa shape index (κ3) is 3.38. The van der Waals surface area contributed by atoms with E-state index in [0.29, 0.717) is 11.6 Å². The smallest absolute Gasteiger partial charge is 0.226 e. The van der Waals surface area contributed by atoms with Crippen molar-refractivity contribution in [3.63, 3.8) is 0 Å². The van der Waals surface area contributed by atoms with Crippen LogP contribution >= 0.6 is 27.3 Å². The molecule has 106 valence electrons. The Hall–Kier alpha value is -0.940. The van der Waals surface area contributed by atoms with Gasteiger partial charge >= 0.3 is 0 Å². The van der Waals surface area contributed by atoms with E-state index in [2.05, 4.69) is 26.2 Å². The second-order valence-electron chi connectivity index (χ2n) is 5.37. The molecule has 0 saturated heterocycles. The first kappa shape index (κ1) is 14.0. The van der Waals surface area contributed by atoms with Crippen molar-refractivity contribution in [3.05, 3.63) is 22.7 Å². The molecule has 1 aromatic heterocycles. The average Bonchev–Trinajstić information content (AvgIpc) is 3.04. The topological polar surface area (TPSA) is 42.0 Å². The maximum absolute atomic E-state index is 12.0. The van der Waals surface area contributed by atoms with Crippen molar-refractivity contribution >= 4 is 48.5 Å². The highest BCUT2D eigenvalue weighted by atomic mass is 79.9. The standard InChI is InChI=1S/C15H17BrN2OS/c16-11-6-7-12-13(9-11)20-15(17-12)18-14(19)8-5-10-3-1-2-4-10/h6-7,9-10H,1-5,8H2,(H,17,18,19). The van der Waals surface area contributed by atoms with Crippen LogP contribution in [0.3, 0.4) is 0 Å². The fourth-order valence-electron chi connectivity index (χ4n) is 2.77. The number of hydrogen-bond acceptors (Lipinski definition) is 3. The second-order valence-corrected chi connectivity index (χ2v) is 7.31. The lowest BCUT2D eigenvalue weighted by atomic mass is 10.0. The first-order valence-corrected chi connectivity index (χ1v) is 8.67. The quantitative estimate of drug-likeness (QED) is 0.843. The lowest BCUT2D eigenvalue weighted by molar-refractivity contribution is -0.116. The van der Waals surface area contributed by atoms with E-state index < -0.39 is 0 Å². The number of halogens is 1. The molecule has 1 aromatic carbocycles. The largest absolute Gasteiger partial charge is 0.302 e. The monoisotopic (exact) mass is 352 g/mol. The Morgan fingerprint density at radius 3 is 3.00 bits per heavy atom. The van der Waals surface area contributed by atoms with E-state index >= 15 is 0 Å². The number of amides is 1. The van der Waals surface area contributed by atoms with Crippen molar-refractivity contribution in [2.75, 3.05) is 5.32 Å². The molecule has 0 unspecified atom stereocenters. The zero-order valence-electron chi connectivity index (χ0n) is 11.2. The Balaban J connectivity index is 1.59. The van der Waals surface area contributed by atoms with Gasteiger partial charge in [0, 0.05) is 10.9 Å². The summed E-state index contributed by atoms with van der Waals surface area (Å²) >= 11 is 4.97. The summed E-state index contributed by atoms with van der Waals surface area (Å²) in [5.74, 6) is 0.849. The Bertz CT molecular complexity index is 619. The van der Waals surface area contributed by atoms with Gasteiger partial charge in [-0.05, 0) is 30.5 Å². The summed E-state index contributed by atoms with van der Waals surface area (Å²) in [6, 6.07) is 5.96. The molecule has 0 atom stereocenters. The number of aromatic nitrogens is 1. The maximum Gasteiger partial charge on any atom is 0.226 e. The van der Waals surface area contributed by atoms with Gasteiger partial charge in [-0.25, -0.2) is 4.98 Å². The predicted molar refractivity (Wildman–Crippen MR) is 87.1 cm³/mol. The number of nitrogens with one attached hydrogen (secondary N) is 1. The molecular weight excluding hydrogens is 336 g/mol. The van der Waals surface area contributed by atoms with Crippen LogP contribution in [0.1, 0.15) is 38.5 Å². The molecule has 3 nitrogen and oxygen atoms in total. The highest BCUT2D eigenvalue weighted by molar-refractivity contribution is 9.10. The molecule has 1 fully saturated rings. The van der Waals surface area contributed by atoms with E-state index in [1.807, 2.05) is 18.2 Å². The molecule has 2 aromatic rings. The van der Waals surface area contributed by atoms with Gasteiger partial charge in [0.15, 0.2) is 5.13 Å². The summed E-state index contributed by atoms with van der Waals surface area (Å²) in [7, 11) is 0. The Morgan fingerprint density at radius 2 is 2.20 bits per heavy atom. The van der Waals surface area contributed by atoms with Crippen molar-refractivity contribution in [3.8, 4) is 0 Å². The van der Waals surface area contributed by atoms with Gasteiger partial charge in [0.25, 0.3) is 0 Å². The fraction of sp³-hybridized carbons (Fsp3) is 0.467. The van der Waals surface area contributed by atoms with Crippen molar-refractivity contribution in [2.24, 2.45) is 5.92 Å². The SMILES string of the molecule is O=C(CCC1CCCC1)Nc1nc2ccc(Br)cc2s1. The molecular formula is C15H17BrN2OS. The number of benzene rings is 1. The van der Waals surface area contributed by atoms with Crippen LogP contribution in [-0.2, 0) is 4.79 Å². The molecule has 1 aliphatic rings. The van der Waals surface area contributed by atoms with Crippen LogP contribution in [0.15, 0.2) is 22.7 Å². The molecule has 3 rings (SSSR count).